The number of halogens is 1. The molecule has 9 heteroatoms. The Kier molecular flexibility index (Phi) is 8.30. The second kappa shape index (κ2) is 11.9. The summed E-state index contributed by atoms with van der Waals surface area (Å²) in [5, 5.41) is 3.09. The molecular weight excluding hydrogens is 507 g/mol. The summed E-state index contributed by atoms with van der Waals surface area (Å²) in [5.41, 5.74) is 5.95. The molecule has 2 saturated heterocycles. The van der Waals surface area contributed by atoms with E-state index < -0.39 is 6.17 Å². The zero-order valence-electron chi connectivity index (χ0n) is 23.9. The molecule has 40 heavy (non-hydrogen) atoms. The van der Waals surface area contributed by atoms with Gasteiger partial charge in [0.2, 0.25) is 11.9 Å². The van der Waals surface area contributed by atoms with Crippen molar-refractivity contribution in [1.29, 1.82) is 0 Å². The first kappa shape index (κ1) is 28.0. The zero-order chi connectivity index (χ0) is 28.4. The number of hydrogen-bond acceptors (Lipinski definition) is 5. The number of rotatable bonds is 6. The molecule has 2 aliphatic heterocycles. The number of alkyl halides is 1. The molecule has 2 aromatic heterocycles. The molecule has 5 rings (SSSR count). The van der Waals surface area contributed by atoms with Gasteiger partial charge in [0.15, 0.2) is 0 Å². The molecular formula is C31H39FN6O2. The maximum absolute atomic E-state index is 13.8. The SMILES string of the molecule is C/C=C/C(=O)N1CCCCC(n2c(NC(=O)c3cc(C)nc(C)c3)nc3cc(CN4CCC(F)C4)cc(C)c32)C1. The molecule has 0 aliphatic carbocycles. The van der Waals surface area contributed by atoms with Crippen molar-refractivity contribution in [3.05, 3.63) is 64.5 Å². The van der Waals surface area contributed by atoms with Crippen molar-refractivity contribution >= 4 is 28.8 Å². The second-order valence-corrected chi connectivity index (χ2v) is 11.2. The number of carbonyl (C=O) groups excluding carboxylic acids is 2. The van der Waals surface area contributed by atoms with E-state index >= 15 is 0 Å². The Labute approximate surface area is 235 Å². The number of anilines is 1. The normalized spacial score (nSPS) is 20.4. The van der Waals surface area contributed by atoms with Crippen molar-refractivity contribution < 1.29 is 14.0 Å². The van der Waals surface area contributed by atoms with Crippen molar-refractivity contribution in [3.8, 4) is 0 Å². The van der Waals surface area contributed by atoms with Crippen LogP contribution in [0.1, 0.15) is 71.5 Å². The van der Waals surface area contributed by atoms with Gasteiger partial charge < -0.3 is 9.47 Å². The van der Waals surface area contributed by atoms with E-state index in [9.17, 15) is 14.0 Å². The quantitative estimate of drug-likeness (QED) is 0.425. The van der Waals surface area contributed by atoms with Gasteiger partial charge in [0.1, 0.15) is 6.17 Å². The van der Waals surface area contributed by atoms with E-state index in [4.69, 9.17) is 4.98 Å². The van der Waals surface area contributed by atoms with Crippen LogP contribution in [0.15, 0.2) is 36.4 Å². The fourth-order valence-corrected chi connectivity index (χ4v) is 6.15. The average Bonchev–Trinajstić information content (AvgIpc) is 3.36. The molecule has 2 aliphatic rings. The molecule has 3 aromatic rings. The Morgan fingerprint density at radius 2 is 1.80 bits per heavy atom. The fraction of sp³-hybridized carbons (Fsp3) is 0.484. The average molecular weight is 547 g/mol. The number of nitrogens with zero attached hydrogens (tertiary/aromatic N) is 5. The molecule has 4 heterocycles. The van der Waals surface area contributed by atoms with E-state index in [1.165, 1.54) is 0 Å². The van der Waals surface area contributed by atoms with Crippen LogP contribution < -0.4 is 5.32 Å². The van der Waals surface area contributed by atoms with Crippen LogP contribution in [-0.2, 0) is 11.3 Å². The molecule has 212 valence electrons. The van der Waals surface area contributed by atoms with E-state index in [1.807, 2.05) is 25.7 Å². The summed E-state index contributed by atoms with van der Waals surface area (Å²) < 4.78 is 15.9. The number of benzene rings is 1. The number of aryl methyl sites for hydroxylation is 3. The van der Waals surface area contributed by atoms with Crippen LogP contribution >= 0.6 is 0 Å². The lowest BCUT2D eigenvalue weighted by molar-refractivity contribution is -0.126. The minimum atomic E-state index is -0.769. The largest absolute Gasteiger partial charge is 0.337 e. The summed E-state index contributed by atoms with van der Waals surface area (Å²) in [4.78, 5) is 39.7. The lowest BCUT2D eigenvalue weighted by Crippen LogP contribution is -2.34. The number of allylic oxidation sites excluding steroid dienone is 1. The van der Waals surface area contributed by atoms with Gasteiger partial charge in [-0.15, -0.1) is 0 Å². The molecule has 0 bridgehead atoms. The number of fused-ring (bicyclic) bond motifs is 1. The maximum Gasteiger partial charge on any atom is 0.258 e. The molecule has 1 aromatic carbocycles. The van der Waals surface area contributed by atoms with Crippen LogP contribution in [0, 0.1) is 20.8 Å². The Morgan fingerprint density at radius 3 is 2.50 bits per heavy atom. The standard InChI is InChI=1S/C31H39FN6O2/c1-5-8-28(39)37-11-7-6-9-26(19-37)38-29-20(2)13-23(17-36-12-10-25(32)18-36)16-27(29)34-31(38)35-30(40)24-14-21(3)33-22(4)15-24/h5,8,13-16,25-26H,6-7,9-12,17-19H2,1-4H3,(H,34,35,40)/b8-5+. The van der Waals surface area contributed by atoms with E-state index in [-0.39, 0.29) is 17.9 Å². The number of pyridine rings is 1. The highest BCUT2D eigenvalue weighted by molar-refractivity contribution is 6.04. The molecule has 8 nitrogen and oxygen atoms in total. The van der Waals surface area contributed by atoms with Gasteiger partial charge in [0, 0.05) is 49.7 Å². The smallest absolute Gasteiger partial charge is 0.258 e. The fourth-order valence-electron chi connectivity index (χ4n) is 6.15. The first-order valence-corrected chi connectivity index (χ1v) is 14.3. The van der Waals surface area contributed by atoms with Gasteiger partial charge in [-0.3, -0.25) is 24.8 Å². The lowest BCUT2D eigenvalue weighted by atomic mass is 10.1. The summed E-state index contributed by atoms with van der Waals surface area (Å²) >= 11 is 0. The second-order valence-electron chi connectivity index (χ2n) is 11.2. The third kappa shape index (κ3) is 6.09. The number of carbonyl (C=O) groups is 2. The van der Waals surface area contributed by atoms with Crippen LogP contribution in [0.5, 0.6) is 0 Å². The highest BCUT2D eigenvalue weighted by atomic mass is 19.1. The van der Waals surface area contributed by atoms with E-state index in [2.05, 4.69) is 38.8 Å². The number of imidazole rings is 1. The summed E-state index contributed by atoms with van der Waals surface area (Å²) in [5.74, 6) is 0.232. The Morgan fingerprint density at radius 1 is 1.02 bits per heavy atom. The third-order valence-electron chi connectivity index (χ3n) is 7.86. The first-order chi connectivity index (χ1) is 19.2. The lowest BCUT2D eigenvalue weighted by Gasteiger charge is -2.26. The molecule has 0 spiro atoms. The monoisotopic (exact) mass is 546 g/mol. The van der Waals surface area contributed by atoms with Gasteiger partial charge in [-0.1, -0.05) is 12.1 Å². The highest BCUT2D eigenvalue weighted by Crippen LogP contribution is 2.33. The Hall–Kier alpha value is -3.59. The number of nitrogens with one attached hydrogen (secondary N) is 1. The van der Waals surface area contributed by atoms with Gasteiger partial charge in [0.05, 0.1) is 17.1 Å². The first-order valence-electron chi connectivity index (χ1n) is 14.3. The Bertz CT molecular complexity index is 1430. The van der Waals surface area contributed by atoms with Gasteiger partial charge in [0.25, 0.3) is 5.91 Å². The van der Waals surface area contributed by atoms with Crippen molar-refractivity contribution in [3.63, 3.8) is 0 Å². The molecule has 2 amide bonds. The van der Waals surface area contributed by atoms with Crippen LogP contribution in [0.4, 0.5) is 10.3 Å². The predicted molar refractivity (Wildman–Crippen MR) is 155 cm³/mol. The van der Waals surface area contributed by atoms with Gasteiger partial charge in [-0.25, -0.2) is 9.37 Å². The van der Waals surface area contributed by atoms with Crippen LogP contribution in [0.25, 0.3) is 11.0 Å². The van der Waals surface area contributed by atoms with E-state index in [1.54, 1.807) is 24.3 Å². The minimum Gasteiger partial charge on any atom is -0.337 e. The van der Waals surface area contributed by atoms with Crippen molar-refractivity contribution in [1.82, 2.24) is 24.3 Å². The molecule has 0 saturated carbocycles. The molecule has 1 N–H and O–H groups in total. The van der Waals surface area contributed by atoms with E-state index in [0.717, 1.165) is 59.4 Å². The van der Waals surface area contributed by atoms with Gasteiger partial charge in [-0.2, -0.15) is 0 Å². The van der Waals surface area contributed by atoms with Crippen LogP contribution in [-0.4, -0.2) is 68.5 Å². The predicted octanol–water partition coefficient (Wildman–Crippen LogP) is 5.28. The van der Waals surface area contributed by atoms with Gasteiger partial charge >= 0.3 is 0 Å². The number of hydrogen-bond donors (Lipinski definition) is 1. The third-order valence-corrected chi connectivity index (χ3v) is 7.86. The number of amides is 2. The number of likely N-dealkylation sites (tertiary alicyclic amines) is 2. The topological polar surface area (TPSA) is 83.4 Å². The van der Waals surface area contributed by atoms with Gasteiger partial charge in [-0.05, 0) is 88.8 Å². The van der Waals surface area contributed by atoms with Crippen molar-refractivity contribution in [2.75, 3.05) is 31.5 Å². The summed E-state index contributed by atoms with van der Waals surface area (Å²) in [6.45, 7) is 10.8. The Balaban J connectivity index is 1.55. The molecule has 2 atom stereocenters. The molecule has 2 fully saturated rings. The number of aromatic nitrogens is 3. The van der Waals surface area contributed by atoms with Crippen molar-refractivity contribution in [2.24, 2.45) is 0 Å². The van der Waals surface area contributed by atoms with E-state index in [0.29, 0.717) is 44.1 Å². The molecule has 2 unspecified atom stereocenters. The van der Waals surface area contributed by atoms with Crippen LogP contribution in [0.3, 0.4) is 0 Å². The summed E-state index contributed by atoms with van der Waals surface area (Å²) in [7, 11) is 0. The van der Waals surface area contributed by atoms with Crippen LogP contribution in [0.2, 0.25) is 0 Å². The van der Waals surface area contributed by atoms with Crippen molar-refractivity contribution in [2.45, 2.75) is 72.1 Å². The minimum absolute atomic E-state index is 0.00271. The molecule has 0 radical (unpaired) electrons. The highest BCUT2D eigenvalue weighted by Gasteiger charge is 2.28. The summed E-state index contributed by atoms with van der Waals surface area (Å²) in [6, 6.07) is 7.70. The zero-order valence-corrected chi connectivity index (χ0v) is 23.9. The summed E-state index contributed by atoms with van der Waals surface area (Å²) in [6.07, 6.45) is 5.96. The maximum atomic E-state index is 13.8.